The standard InChI is InChI=1S/C14H13N3O4S3/c1-16-10-5-3-2-4-9(10)15-12(16)8-11-13(18)17(14(22)23-11)6-7-24(19,20)21/h2-5,8H,6-7H2,1H3,(H,19,20,21). The number of nitrogens with zero attached hydrogens (tertiary/aromatic N) is 3. The summed E-state index contributed by atoms with van der Waals surface area (Å²) in [7, 11) is -2.31. The van der Waals surface area contributed by atoms with E-state index in [-0.39, 0.29) is 16.8 Å². The van der Waals surface area contributed by atoms with Crippen molar-refractivity contribution in [2.24, 2.45) is 7.05 Å². The fourth-order valence-corrected chi connectivity index (χ4v) is 4.00. The molecule has 1 aliphatic heterocycles. The first-order chi connectivity index (χ1) is 11.3. The molecule has 126 valence electrons. The number of para-hydroxylation sites is 2. The second-order valence-corrected chi connectivity index (χ2v) is 8.38. The third-order valence-corrected chi connectivity index (χ3v) is 5.60. The Balaban J connectivity index is 1.89. The second-order valence-electron chi connectivity index (χ2n) is 5.14. The van der Waals surface area contributed by atoms with Gasteiger partial charge >= 0.3 is 0 Å². The fraction of sp³-hybridized carbons (Fsp3) is 0.214. The van der Waals surface area contributed by atoms with Gasteiger partial charge in [0.1, 0.15) is 10.1 Å². The van der Waals surface area contributed by atoms with Crippen LogP contribution >= 0.6 is 24.0 Å². The Morgan fingerprint density at radius 3 is 2.75 bits per heavy atom. The first-order valence-electron chi connectivity index (χ1n) is 6.88. The molecule has 7 nitrogen and oxygen atoms in total. The van der Waals surface area contributed by atoms with Crippen molar-refractivity contribution >= 4 is 61.4 Å². The van der Waals surface area contributed by atoms with Gasteiger partial charge in [-0.05, 0) is 12.1 Å². The van der Waals surface area contributed by atoms with Crippen LogP contribution in [0.2, 0.25) is 0 Å². The molecule has 1 aromatic carbocycles. The van der Waals surface area contributed by atoms with Gasteiger partial charge in [0.15, 0.2) is 0 Å². The third-order valence-electron chi connectivity index (χ3n) is 3.53. The Morgan fingerprint density at radius 1 is 1.38 bits per heavy atom. The van der Waals surface area contributed by atoms with Gasteiger partial charge < -0.3 is 4.57 Å². The predicted molar refractivity (Wildman–Crippen MR) is 97.0 cm³/mol. The van der Waals surface area contributed by atoms with Crippen LogP contribution in [0.5, 0.6) is 0 Å². The number of thiocarbonyl (C=S) groups is 1. The molecule has 0 radical (unpaired) electrons. The van der Waals surface area contributed by atoms with Crippen molar-refractivity contribution in [2.45, 2.75) is 0 Å². The molecule has 3 rings (SSSR count). The molecule has 1 amide bonds. The minimum atomic E-state index is -4.16. The van der Waals surface area contributed by atoms with E-state index in [2.05, 4.69) is 4.98 Å². The predicted octanol–water partition coefficient (Wildman–Crippen LogP) is 1.66. The molecule has 0 unspecified atom stereocenters. The highest BCUT2D eigenvalue weighted by molar-refractivity contribution is 8.26. The average Bonchev–Trinajstić information content (AvgIpc) is 2.95. The molecule has 2 aromatic rings. The highest BCUT2D eigenvalue weighted by Crippen LogP contribution is 2.32. The molecule has 1 saturated heterocycles. The highest BCUT2D eigenvalue weighted by atomic mass is 32.2. The first kappa shape index (κ1) is 17.1. The Labute approximate surface area is 148 Å². The summed E-state index contributed by atoms with van der Waals surface area (Å²) in [5.41, 5.74) is 1.75. The lowest BCUT2D eigenvalue weighted by Gasteiger charge is -2.12. The van der Waals surface area contributed by atoms with Gasteiger partial charge in [0.25, 0.3) is 16.0 Å². The van der Waals surface area contributed by atoms with Crippen LogP contribution in [-0.2, 0) is 22.0 Å². The number of aryl methyl sites for hydroxylation is 1. The summed E-state index contributed by atoms with van der Waals surface area (Å²) in [4.78, 5) is 18.4. The number of fused-ring (bicyclic) bond motifs is 1. The van der Waals surface area contributed by atoms with E-state index < -0.39 is 15.9 Å². The van der Waals surface area contributed by atoms with Crippen LogP contribution in [0.25, 0.3) is 17.1 Å². The van der Waals surface area contributed by atoms with Gasteiger partial charge in [-0.3, -0.25) is 14.2 Å². The SMILES string of the molecule is Cn1c(C=C2SC(=S)N(CCS(=O)(=O)O)C2=O)nc2ccccc21. The molecule has 24 heavy (non-hydrogen) atoms. The van der Waals surface area contributed by atoms with Crippen molar-refractivity contribution in [1.29, 1.82) is 0 Å². The molecule has 0 saturated carbocycles. The van der Waals surface area contributed by atoms with Gasteiger partial charge in [-0.15, -0.1) is 0 Å². The van der Waals surface area contributed by atoms with Gasteiger partial charge in [-0.1, -0.05) is 36.1 Å². The Hall–Kier alpha value is -1.75. The number of thioether (sulfide) groups is 1. The average molecular weight is 383 g/mol. The third kappa shape index (κ3) is 3.36. The lowest BCUT2D eigenvalue weighted by molar-refractivity contribution is -0.121. The van der Waals surface area contributed by atoms with E-state index in [4.69, 9.17) is 16.8 Å². The zero-order valence-electron chi connectivity index (χ0n) is 12.5. The number of carbonyl (C=O) groups excluding carboxylic acids is 1. The van der Waals surface area contributed by atoms with E-state index in [9.17, 15) is 13.2 Å². The van der Waals surface area contributed by atoms with E-state index >= 15 is 0 Å². The number of amides is 1. The monoisotopic (exact) mass is 383 g/mol. The fourth-order valence-electron chi connectivity index (χ4n) is 2.31. The molecule has 1 aromatic heterocycles. The summed E-state index contributed by atoms with van der Waals surface area (Å²) in [6.45, 7) is -0.177. The molecule has 0 atom stereocenters. The number of hydrogen-bond acceptors (Lipinski definition) is 6. The quantitative estimate of drug-likeness (QED) is 0.488. The number of carbonyl (C=O) groups is 1. The lowest BCUT2D eigenvalue weighted by atomic mass is 10.3. The van der Waals surface area contributed by atoms with Crippen molar-refractivity contribution < 1.29 is 17.8 Å². The molecule has 2 heterocycles. The molecule has 10 heteroatoms. The molecule has 1 N–H and O–H groups in total. The molecular weight excluding hydrogens is 370 g/mol. The molecule has 0 bridgehead atoms. The lowest BCUT2D eigenvalue weighted by Crippen LogP contribution is -2.32. The molecule has 0 spiro atoms. The Morgan fingerprint density at radius 2 is 2.08 bits per heavy atom. The van der Waals surface area contributed by atoms with E-state index in [1.807, 2.05) is 35.9 Å². The first-order valence-corrected chi connectivity index (χ1v) is 9.71. The van der Waals surface area contributed by atoms with Crippen LogP contribution in [0.4, 0.5) is 0 Å². The van der Waals surface area contributed by atoms with Crippen molar-refractivity contribution in [3.8, 4) is 0 Å². The largest absolute Gasteiger partial charge is 0.328 e. The minimum absolute atomic E-state index is 0.177. The Bertz CT molecular complexity index is 978. The number of rotatable bonds is 4. The summed E-state index contributed by atoms with van der Waals surface area (Å²) in [5.74, 6) is -0.342. The molecule has 1 fully saturated rings. The summed E-state index contributed by atoms with van der Waals surface area (Å²) in [6, 6.07) is 7.59. The van der Waals surface area contributed by atoms with Crippen molar-refractivity contribution in [3.05, 3.63) is 35.0 Å². The van der Waals surface area contributed by atoms with Gasteiger partial charge in [0, 0.05) is 19.7 Å². The minimum Gasteiger partial charge on any atom is -0.328 e. The van der Waals surface area contributed by atoms with Crippen LogP contribution in [0.1, 0.15) is 5.82 Å². The van der Waals surface area contributed by atoms with Gasteiger partial charge in [0.05, 0.1) is 21.7 Å². The summed E-state index contributed by atoms with van der Waals surface area (Å²) in [5, 5.41) is 0. The number of benzene rings is 1. The maximum atomic E-state index is 12.4. The van der Waals surface area contributed by atoms with Crippen LogP contribution in [-0.4, -0.2) is 49.9 Å². The normalized spacial score (nSPS) is 17.4. The summed E-state index contributed by atoms with van der Waals surface area (Å²) >= 11 is 6.20. The van der Waals surface area contributed by atoms with Crippen LogP contribution in [0.15, 0.2) is 29.2 Å². The zero-order chi connectivity index (χ0) is 17.5. The molecular formula is C14H13N3O4S3. The summed E-state index contributed by atoms with van der Waals surface area (Å²) in [6.07, 6.45) is 1.63. The Kier molecular flexibility index (Phi) is 4.47. The van der Waals surface area contributed by atoms with E-state index in [1.54, 1.807) is 6.08 Å². The van der Waals surface area contributed by atoms with E-state index in [0.717, 1.165) is 22.8 Å². The molecule has 1 aliphatic rings. The van der Waals surface area contributed by atoms with Crippen LogP contribution < -0.4 is 0 Å². The van der Waals surface area contributed by atoms with Crippen molar-refractivity contribution in [3.63, 3.8) is 0 Å². The van der Waals surface area contributed by atoms with Crippen molar-refractivity contribution in [1.82, 2.24) is 14.5 Å². The second kappa shape index (κ2) is 6.28. The van der Waals surface area contributed by atoms with Crippen LogP contribution in [0.3, 0.4) is 0 Å². The van der Waals surface area contributed by atoms with Gasteiger partial charge in [0.2, 0.25) is 0 Å². The topological polar surface area (TPSA) is 92.5 Å². The van der Waals surface area contributed by atoms with Gasteiger partial charge in [-0.2, -0.15) is 8.42 Å². The zero-order valence-corrected chi connectivity index (χ0v) is 15.0. The number of imidazole rings is 1. The summed E-state index contributed by atoms with van der Waals surface area (Å²) < 4.78 is 32.7. The number of aromatic nitrogens is 2. The maximum Gasteiger partial charge on any atom is 0.266 e. The van der Waals surface area contributed by atoms with E-state index in [1.165, 1.54) is 4.90 Å². The van der Waals surface area contributed by atoms with Crippen LogP contribution in [0, 0.1) is 0 Å². The maximum absolute atomic E-state index is 12.4. The van der Waals surface area contributed by atoms with Crippen molar-refractivity contribution in [2.75, 3.05) is 12.3 Å². The highest BCUT2D eigenvalue weighted by Gasteiger charge is 2.33. The van der Waals surface area contributed by atoms with Gasteiger partial charge in [-0.25, -0.2) is 4.98 Å². The smallest absolute Gasteiger partial charge is 0.266 e. The molecule has 0 aliphatic carbocycles. The number of hydrogen-bond donors (Lipinski definition) is 1. The van der Waals surface area contributed by atoms with E-state index in [0.29, 0.717) is 10.7 Å².